The number of nitrogens with zero attached hydrogens (tertiary/aromatic N) is 3. The van der Waals surface area contributed by atoms with Gasteiger partial charge in [0.2, 0.25) is 0 Å². The molecular weight excluding hydrogens is 240 g/mol. The van der Waals surface area contributed by atoms with Crippen molar-refractivity contribution in [3.05, 3.63) is 22.9 Å². The highest BCUT2D eigenvalue weighted by Crippen LogP contribution is 2.39. The SMILES string of the molecule is Cc1cc(C)c(C(N)=NO)c(N(C)CC2CC2C)n1. The van der Waals surface area contributed by atoms with E-state index >= 15 is 0 Å². The third-order valence-corrected chi connectivity index (χ3v) is 3.84. The first-order chi connectivity index (χ1) is 8.93. The van der Waals surface area contributed by atoms with Crippen LogP contribution >= 0.6 is 0 Å². The first-order valence-corrected chi connectivity index (χ1v) is 6.61. The number of anilines is 1. The van der Waals surface area contributed by atoms with Crippen LogP contribution in [-0.2, 0) is 0 Å². The van der Waals surface area contributed by atoms with Gasteiger partial charge in [-0.25, -0.2) is 4.98 Å². The molecule has 3 N–H and O–H groups in total. The minimum Gasteiger partial charge on any atom is -0.409 e. The maximum absolute atomic E-state index is 8.94. The molecule has 104 valence electrons. The van der Waals surface area contributed by atoms with Gasteiger partial charge in [0.15, 0.2) is 5.84 Å². The molecular formula is C14H22N4O. The van der Waals surface area contributed by atoms with Gasteiger partial charge in [0, 0.05) is 19.3 Å². The number of hydrogen-bond acceptors (Lipinski definition) is 4. The zero-order chi connectivity index (χ0) is 14.2. The molecule has 2 atom stereocenters. The summed E-state index contributed by atoms with van der Waals surface area (Å²) in [6, 6.07) is 1.95. The fourth-order valence-corrected chi connectivity index (χ4v) is 2.55. The summed E-state index contributed by atoms with van der Waals surface area (Å²) >= 11 is 0. The third kappa shape index (κ3) is 2.80. The van der Waals surface area contributed by atoms with E-state index < -0.39 is 0 Å². The van der Waals surface area contributed by atoms with Crippen molar-refractivity contribution < 1.29 is 5.21 Å². The summed E-state index contributed by atoms with van der Waals surface area (Å²) in [5, 5.41) is 12.1. The van der Waals surface area contributed by atoms with E-state index in [0.29, 0.717) is 0 Å². The normalized spacial score (nSPS) is 22.4. The van der Waals surface area contributed by atoms with E-state index in [9.17, 15) is 0 Å². The van der Waals surface area contributed by atoms with Gasteiger partial charge in [0.25, 0.3) is 0 Å². The number of nitrogens with two attached hydrogens (primary N) is 1. The van der Waals surface area contributed by atoms with Crippen LogP contribution in [0.25, 0.3) is 0 Å². The van der Waals surface area contributed by atoms with E-state index in [-0.39, 0.29) is 5.84 Å². The summed E-state index contributed by atoms with van der Waals surface area (Å²) in [4.78, 5) is 6.68. The Morgan fingerprint density at radius 3 is 2.74 bits per heavy atom. The van der Waals surface area contributed by atoms with Crippen molar-refractivity contribution >= 4 is 11.7 Å². The standard InChI is InChI=1S/C14H22N4O/c1-8-6-11(8)7-18(4)14-12(13(15)17-19)9(2)5-10(3)16-14/h5,8,11,19H,6-7H2,1-4H3,(H2,15,17). The molecule has 0 amide bonds. The molecule has 0 radical (unpaired) electrons. The van der Waals surface area contributed by atoms with Crippen molar-refractivity contribution in [3.63, 3.8) is 0 Å². The molecule has 19 heavy (non-hydrogen) atoms. The quantitative estimate of drug-likeness (QED) is 0.376. The molecule has 1 aromatic heterocycles. The molecule has 0 spiro atoms. The van der Waals surface area contributed by atoms with Crippen LogP contribution < -0.4 is 10.6 Å². The Labute approximate surface area is 114 Å². The van der Waals surface area contributed by atoms with Gasteiger partial charge in [-0.05, 0) is 43.7 Å². The summed E-state index contributed by atoms with van der Waals surface area (Å²) < 4.78 is 0. The summed E-state index contributed by atoms with van der Waals surface area (Å²) in [6.07, 6.45) is 1.27. The number of pyridine rings is 1. The molecule has 5 heteroatoms. The number of oxime groups is 1. The van der Waals surface area contributed by atoms with Crippen LogP contribution in [0.1, 0.15) is 30.2 Å². The maximum atomic E-state index is 8.94. The monoisotopic (exact) mass is 262 g/mol. The third-order valence-electron chi connectivity index (χ3n) is 3.84. The van der Waals surface area contributed by atoms with Gasteiger partial charge in [-0.2, -0.15) is 0 Å². The molecule has 1 saturated carbocycles. The van der Waals surface area contributed by atoms with Crippen LogP contribution in [0.2, 0.25) is 0 Å². The van der Waals surface area contributed by atoms with Gasteiger partial charge in [-0.1, -0.05) is 12.1 Å². The highest BCUT2D eigenvalue weighted by molar-refractivity contribution is 6.02. The lowest BCUT2D eigenvalue weighted by molar-refractivity contribution is 0.318. The first kappa shape index (κ1) is 13.6. The smallest absolute Gasteiger partial charge is 0.174 e. The Morgan fingerprint density at radius 2 is 2.21 bits per heavy atom. The van der Waals surface area contributed by atoms with Crippen molar-refractivity contribution in [2.24, 2.45) is 22.7 Å². The van der Waals surface area contributed by atoms with Crippen LogP contribution in [-0.4, -0.2) is 29.6 Å². The molecule has 0 bridgehead atoms. The Kier molecular flexibility index (Phi) is 3.64. The summed E-state index contributed by atoms with van der Waals surface area (Å²) in [5.74, 6) is 2.44. The van der Waals surface area contributed by atoms with E-state index in [0.717, 1.165) is 41.0 Å². The molecule has 0 aliphatic heterocycles. The van der Waals surface area contributed by atoms with Crippen molar-refractivity contribution in [1.29, 1.82) is 0 Å². The van der Waals surface area contributed by atoms with Crippen LogP contribution in [0.5, 0.6) is 0 Å². The Morgan fingerprint density at radius 1 is 1.58 bits per heavy atom. The number of aromatic nitrogens is 1. The molecule has 2 rings (SSSR count). The van der Waals surface area contributed by atoms with Crippen LogP contribution in [0.15, 0.2) is 11.2 Å². The molecule has 1 fully saturated rings. The van der Waals surface area contributed by atoms with Gasteiger partial charge >= 0.3 is 0 Å². The largest absolute Gasteiger partial charge is 0.409 e. The second kappa shape index (κ2) is 5.07. The van der Waals surface area contributed by atoms with E-state index in [1.54, 1.807) is 0 Å². The summed E-state index contributed by atoms with van der Waals surface area (Å²) in [5.41, 5.74) is 8.44. The Hall–Kier alpha value is -1.78. The summed E-state index contributed by atoms with van der Waals surface area (Å²) in [6.45, 7) is 7.14. The van der Waals surface area contributed by atoms with E-state index in [1.165, 1.54) is 6.42 Å². The van der Waals surface area contributed by atoms with E-state index in [1.807, 2.05) is 27.0 Å². The zero-order valence-electron chi connectivity index (χ0n) is 12.0. The molecule has 1 heterocycles. The molecule has 0 saturated heterocycles. The van der Waals surface area contributed by atoms with Crippen molar-refractivity contribution in [2.45, 2.75) is 27.2 Å². The number of rotatable bonds is 4. The first-order valence-electron chi connectivity index (χ1n) is 6.61. The van der Waals surface area contributed by atoms with Crippen molar-refractivity contribution in [3.8, 4) is 0 Å². The zero-order valence-corrected chi connectivity index (χ0v) is 12.0. The van der Waals surface area contributed by atoms with E-state index in [4.69, 9.17) is 10.9 Å². The predicted octanol–water partition coefficient (Wildman–Crippen LogP) is 1.89. The van der Waals surface area contributed by atoms with Crippen LogP contribution in [0, 0.1) is 25.7 Å². The lowest BCUT2D eigenvalue weighted by atomic mass is 10.1. The topological polar surface area (TPSA) is 74.7 Å². The van der Waals surface area contributed by atoms with Crippen molar-refractivity contribution in [2.75, 3.05) is 18.5 Å². The van der Waals surface area contributed by atoms with Crippen molar-refractivity contribution in [1.82, 2.24) is 4.98 Å². The second-order valence-corrected chi connectivity index (χ2v) is 5.62. The van der Waals surface area contributed by atoms with Crippen LogP contribution in [0.4, 0.5) is 5.82 Å². The van der Waals surface area contributed by atoms with Crippen LogP contribution in [0.3, 0.4) is 0 Å². The Bertz CT molecular complexity index is 512. The molecule has 1 aromatic rings. The van der Waals surface area contributed by atoms with Gasteiger partial charge in [-0.15, -0.1) is 0 Å². The fraction of sp³-hybridized carbons (Fsp3) is 0.571. The highest BCUT2D eigenvalue weighted by Gasteiger charge is 2.34. The van der Waals surface area contributed by atoms with Gasteiger partial charge in [0.1, 0.15) is 5.82 Å². The average molecular weight is 262 g/mol. The lowest BCUT2D eigenvalue weighted by Crippen LogP contribution is -2.27. The number of amidine groups is 1. The molecule has 5 nitrogen and oxygen atoms in total. The number of hydrogen-bond donors (Lipinski definition) is 2. The predicted molar refractivity (Wildman–Crippen MR) is 76.8 cm³/mol. The second-order valence-electron chi connectivity index (χ2n) is 5.62. The van der Waals surface area contributed by atoms with Gasteiger partial charge < -0.3 is 15.8 Å². The van der Waals surface area contributed by atoms with Gasteiger partial charge in [0.05, 0.1) is 5.56 Å². The fourth-order valence-electron chi connectivity index (χ4n) is 2.55. The lowest BCUT2D eigenvalue weighted by Gasteiger charge is -2.22. The maximum Gasteiger partial charge on any atom is 0.174 e. The minimum atomic E-state index is 0.121. The molecule has 1 aliphatic carbocycles. The molecule has 2 unspecified atom stereocenters. The van der Waals surface area contributed by atoms with Gasteiger partial charge in [-0.3, -0.25) is 0 Å². The minimum absolute atomic E-state index is 0.121. The average Bonchev–Trinajstić information content (AvgIpc) is 3.02. The summed E-state index contributed by atoms with van der Waals surface area (Å²) in [7, 11) is 2.01. The Balaban J connectivity index is 2.36. The molecule has 0 aromatic carbocycles. The number of aryl methyl sites for hydroxylation is 2. The van der Waals surface area contributed by atoms with E-state index in [2.05, 4.69) is 22.0 Å². The molecule has 1 aliphatic rings. The highest BCUT2D eigenvalue weighted by atomic mass is 16.4.